The summed E-state index contributed by atoms with van der Waals surface area (Å²) in [6.07, 6.45) is 0.150. The van der Waals surface area contributed by atoms with E-state index in [1.165, 1.54) is 18.3 Å². The van der Waals surface area contributed by atoms with Crippen LogP contribution in [0.15, 0.2) is 51.0 Å². The highest BCUT2D eigenvalue weighted by atomic mass is 32.1. The first-order valence-corrected chi connectivity index (χ1v) is 7.73. The van der Waals surface area contributed by atoms with Crippen LogP contribution in [0.3, 0.4) is 0 Å². The number of para-hydroxylation sites is 1. The van der Waals surface area contributed by atoms with Crippen LogP contribution in [0.1, 0.15) is 29.7 Å². The van der Waals surface area contributed by atoms with Crippen molar-refractivity contribution in [2.75, 3.05) is 0 Å². The number of ketones is 1. The molecule has 112 valence electrons. The highest BCUT2D eigenvalue weighted by Gasteiger charge is 2.26. The van der Waals surface area contributed by atoms with Gasteiger partial charge in [-0.3, -0.25) is 4.79 Å². The molecule has 0 aliphatic rings. The minimum Gasteiger partial charge on any atom is -0.507 e. The van der Waals surface area contributed by atoms with Crippen LogP contribution in [0, 0.1) is 0 Å². The van der Waals surface area contributed by atoms with Crippen LogP contribution in [-0.4, -0.2) is 10.9 Å². The van der Waals surface area contributed by atoms with E-state index in [-0.39, 0.29) is 23.5 Å². The fraction of sp³-hybridized carbons (Fsp3) is 0.176. The molecular weight excluding hydrogens is 300 g/mol. The highest BCUT2D eigenvalue weighted by molar-refractivity contribution is 7.10. The summed E-state index contributed by atoms with van der Waals surface area (Å²) >= 11 is 1.45. The van der Waals surface area contributed by atoms with Crippen molar-refractivity contribution >= 4 is 28.1 Å². The van der Waals surface area contributed by atoms with Crippen molar-refractivity contribution in [3.05, 3.63) is 62.6 Å². The molecule has 1 atom stereocenters. The number of hydrogen-bond donors (Lipinski definition) is 1. The molecule has 22 heavy (non-hydrogen) atoms. The zero-order chi connectivity index (χ0) is 15.7. The van der Waals surface area contributed by atoms with E-state index < -0.39 is 11.5 Å². The lowest BCUT2D eigenvalue weighted by Gasteiger charge is -2.15. The molecule has 3 rings (SSSR count). The second kappa shape index (κ2) is 5.77. The third-order valence-electron chi connectivity index (χ3n) is 3.55. The number of carbonyl (C=O) groups is 1. The molecule has 0 bridgehead atoms. The zero-order valence-electron chi connectivity index (χ0n) is 11.9. The SMILES string of the molecule is CC(=O)C[C@@H](c1cccs1)c1c(O)c2ccccc2oc1=O. The van der Waals surface area contributed by atoms with Gasteiger partial charge in [0.05, 0.1) is 10.9 Å². The minimum absolute atomic E-state index is 0.0506. The fourth-order valence-corrected chi connectivity index (χ4v) is 3.41. The molecule has 4 nitrogen and oxygen atoms in total. The molecule has 0 amide bonds. The molecule has 0 unspecified atom stereocenters. The summed E-state index contributed by atoms with van der Waals surface area (Å²) in [4.78, 5) is 24.8. The van der Waals surface area contributed by atoms with Crippen LogP contribution in [0.4, 0.5) is 0 Å². The molecule has 0 spiro atoms. The number of rotatable bonds is 4. The Morgan fingerprint density at radius 2 is 2.05 bits per heavy atom. The van der Waals surface area contributed by atoms with Gasteiger partial charge in [0.15, 0.2) is 0 Å². The van der Waals surface area contributed by atoms with Gasteiger partial charge >= 0.3 is 5.63 Å². The summed E-state index contributed by atoms with van der Waals surface area (Å²) in [5.74, 6) is -0.643. The number of Topliss-reactive ketones (excluding diaryl/α,β-unsaturated/α-hetero) is 1. The first-order chi connectivity index (χ1) is 10.6. The molecule has 0 aliphatic heterocycles. The van der Waals surface area contributed by atoms with Crippen molar-refractivity contribution in [1.82, 2.24) is 0 Å². The van der Waals surface area contributed by atoms with Crippen LogP contribution >= 0.6 is 11.3 Å². The Hall–Kier alpha value is -2.40. The number of benzene rings is 1. The Morgan fingerprint density at radius 1 is 1.27 bits per heavy atom. The predicted octanol–water partition coefficient (Wildman–Crippen LogP) is 3.67. The second-order valence-corrected chi connectivity index (χ2v) is 6.10. The van der Waals surface area contributed by atoms with E-state index in [1.54, 1.807) is 24.3 Å². The normalized spacial score (nSPS) is 12.4. The predicted molar refractivity (Wildman–Crippen MR) is 85.6 cm³/mol. The molecule has 0 aliphatic carbocycles. The van der Waals surface area contributed by atoms with Gasteiger partial charge < -0.3 is 9.52 Å². The van der Waals surface area contributed by atoms with Crippen LogP contribution in [0.25, 0.3) is 11.0 Å². The number of hydrogen-bond acceptors (Lipinski definition) is 5. The first-order valence-electron chi connectivity index (χ1n) is 6.85. The van der Waals surface area contributed by atoms with Crippen LogP contribution in [0.2, 0.25) is 0 Å². The summed E-state index contributed by atoms with van der Waals surface area (Å²) < 4.78 is 5.31. The van der Waals surface area contributed by atoms with Crippen molar-refractivity contribution in [3.63, 3.8) is 0 Å². The Kier molecular flexibility index (Phi) is 3.81. The van der Waals surface area contributed by atoms with Gasteiger partial charge in [-0.15, -0.1) is 11.3 Å². The number of carbonyl (C=O) groups excluding carboxylic acids is 1. The summed E-state index contributed by atoms with van der Waals surface area (Å²) in [6.45, 7) is 1.47. The Balaban J connectivity index is 2.26. The van der Waals surface area contributed by atoms with Crippen LogP contribution in [0.5, 0.6) is 5.75 Å². The molecule has 1 N–H and O–H groups in total. The van der Waals surface area contributed by atoms with E-state index >= 15 is 0 Å². The van der Waals surface area contributed by atoms with E-state index in [9.17, 15) is 14.7 Å². The van der Waals surface area contributed by atoms with Crippen molar-refractivity contribution in [3.8, 4) is 5.75 Å². The van der Waals surface area contributed by atoms with Crippen LogP contribution in [-0.2, 0) is 4.79 Å². The summed E-state index contributed by atoms with van der Waals surface area (Å²) in [6, 6.07) is 10.5. The van der Waals surface area contributed by atoms with Crippen LogP contribution < -0.4 is 5.63 Å². The summed E-state index contributed by atoms with van der Waals surface area (Å²) in [5, 5.41) is 12.9. The average Bonchev–Trinajstić information content (AvgIpc) is 3.00. The molecule has 0 saturated heterocycles. The minimum atomic E-state index is -0.601. The fourth-order valence-electron chi connectivity index (χ4n) is 2.58. The van der Waals surface area contributed by atoms with Gasteiger partial charge in [0, 0.05) is 17.2 Å². The van der Waals surface area contributed by atoms with Gasteiger partial charge in [0.1, 0.15) is 17.1 Å². The van der Waals surface area contributed by atoms with Gasteiger partial charge in [-0.1, -0.05) is 18.2 Å². The van der Waals surface area contributed by atoms with Crippen molar-refractivity contribution < 1.29 is 14.3 Å². The van der Waals surface area contributed by atoms with Crippen molar-refractivity contribution in [2.45, 2.75) is 19.3 Å². The Morgan fingerprint density at radius 3 is 2.73 bits per heavy atom. The van der Waals surface area contributed by atoms with Gasteiger partial charge in [-0.05, 0) is 30.5 Å². The van der Waals surface area contributed by atoms with Crippen molar-refractivity contribution in [1.29, 1.82) is 0 Å². The summed E-state index contributed by atoms with van der Waals surface area (Å²) in [7, 11) is 0. The highest BCUT2D eigenvalue weighted by Crippen LogP contribution is 2.37. The third kappa shape index (κ3) is 2.55. The Labute approximate surface area is 130 Å². The summed E-state index contributed by atoms with van der Waals surface area (Å²) in [5.41, 5.74) is -0.117. The molecule has 0 saturated carbocycles. The monoisotopic (exact) mass is 314 g/mol. The average molecular weight is 314 g/mol. The zero-order valence-corrected chi connectivity index (χ0v) is 12.7. The lowest BCUT2D eigenvalue weighted by atomic mass is 9.92. The van der Waals surface area contributed by atoms with E-state index in [0.717, 1.165) is 4.88 Å². The molecular formula is C17H14O4S. The maximum absolute atomic E-state index is 12.3. The molecule has 2 aromatic heterocycles. The van der Waals surface area contributed by atoms with E-state index in [0.29, 0.717) is 11.0 Å². The third-order valence-corrected chi connectivity index (χ3v) is 4.53. The largest absolute Gasteiger partial charge is 0.507 e. The number of fused-ring (bicyclic) bond motifs is 1. The molecule has 0 radical (unpaired) electrons. The smallest absolute Gasteiger partial charge is 0.343 e. The molecule has 0 fully saturated rings. The Bertz CT molecular complexity index is 877. The molecule has 2 heterocycles. The molecule has 3 aromatic rings. The van der Waals surface area contributed by atoms with Crippen molar-refractivity contribution in [2.24, 2.45) is 0 Å². The van der Waals surface area contributed by atoms with Gasteiger partial charge in [-0.2, -0.15) is 0 Å². The van der Waals surface area contributed by atoms with E-state index in [4.69, 9.17) is 4.42 Å². The maximum atomic E-state index is 12.3. The molecule has 1 aromatic carbocycles. The standard InChI is InChI=1S/C17H14O4S/c1-10(18)9-12(14-7-4-8-22-14)15-16(19)11-5-2-3-6-13(11)21-17(15)20/h2-8,12,19H,9H2,1H3/t12-/m0/s1. The van der Waals surface area contributed by atoms with E-state index in [1.807, 2.05) is 17.5 Å². The first kappa shape index (κ1) is 14.5. The van der Waals surface area contributed by atoms with Gasteiger partial charge in [0.2, 0.25) is 0 Å². The van der Waals surface area contributed by atoms with E-state index in [2.05, 4.69) is 0 Å². The lowest BCUT2D eigenvalue weighted by Crippen LogP contribution is -2.15. The topological polar surface area (TPSA) is 67.5 Å². The molecule has 5 heteroatoms. The quantitative estimate of drug-likeness (QED) is 0.746. The maximum Gasteiger partial charge on any atom is 0.343 e. The number of aromatic hydroxyl groups is 1. The van der Waals surface area contributed by atoms with Gasteiger partial charge in [0.25, 0.3) is 0 Å². The second-order valence-electron chi connectivity index (χ2n) is 5.12. The van der Waals surface area contributed by atoms with Gasteiger partial charge in [-0.25, -0.2) is 4.79 Å². The number of thiophene rings is 1. The lowest BCUT2D eigenvalue weighted by molar-refractivity contribution is -0.117.